The van der Waals surface area contributed by atoms with Gasteiger partial charge < -0.3 is 10.1 Å². The SMILES string of the molecule is Cc1ccc(C2CNC(C)C(C)O2)cc1F. The van der Waals surface area contributed by atoms with Gasteiger partial charge in [0.1, 0.15) is 5.82 Å². The normalized spacial score (nSPS) is 30.4. The fraction of sp³-hybridized carbons (Fsp3) is 0.538. The van der Waals surface area contributed by atoms with Gasteiger partial charge in [-0.15, -0.1) is 0 Å². The summed E-state index contributed by atoms with van der Waals surface area (Å²) in [6.07, 6.45) is 0.115. The third-order valence-corrected chi connectivity index (χ3v) is 3.28. The van der Waals surface area contributed by atoms with Gasteiger partial charge in [-0.1, -0.05) is 12.1 Å². The standard InChI is InChI=1S/C13H18FNO/c1-8-4-5-11(6-12(8)14)13-7-15-9(2)10(3)16-13/h4-6,9-10,13,15H,7H2,1-3H3. The van der Waals surface area contributed by atoms with Crippen LogP contribution in [0, 0.1) is 12.7 Å². The Hall–Kier alpha value is -0.930. The summed E-state index contributed by atoms with van der Waals surface area (Å²) >= 11 is 0. The average molecular weight is 223 g/mol. The molecule has 1 aliphatic rings. The number of nitrogens with one attached hydrogen (secondary N) is 1. The van der Waals surface area contributed by atoms with Crippen molar-refractivity contribution in [3.63, 3.8) is 0 Å². The van der Waals surface area contributed by atoms with Crippen LogP contribution in [0.3, 0.4) is 0 Å². The Kier molecular flexibility index (Phi) is 3.26. The van der Waals surface area contributed by atoms with Crippen LogP contribution in [0.5, 0.6) is 0 Å². The molecule has 0 aromatic heterocycles. The molecule has 1 aliphatic heterocycles. The van der Waals surface area contributed by atoms with E-state index in [1.54, 1.807) is 19.1 Å². The summed E-state index contributed by atoms with van der Waals surface area (Å²) in [6.45, 7) is 6.64. The molecule has 1 aromatic rings. The summed E-state index contributed by atoms with van der Waals surface area (Å²) in [7, 11) is 0. The summed E-state index contributed by atoms with van der Waals surface area (Å²) < 4.78 is 19.3. The first-order valence-corrected chi connectivity index (χ1v) is 5.73. The zero-order chi connectivity index (χ0) is 11.7. The maximum atomic E-state index is 13.4. The smallest absolute Gasteiger partial charge is 0.126 e. The van der Waals surface area contributed by atoms with Crippen molar-refractivity contribution >= 4 is 0 Å². The molecule has 1 saturated heterocycles. The number of ether oxygens (including phenoxy) is 1. The lowest BCUT2D eigenvalue weighted by atomic mass is 10.0. The molecular weight excluding hydrogens is 205 g/mol. The third-order valence-electron chi connectivity index (χ3n) is 3.28. The first kappa shape index (κ1) is 11.6. The number of hydrogen-bond donors (Lipinski definition) is 1. The van der Waals surface area contributed by atoms with Crippen molar-refractivity contribution in [1.82, 2.24) is 5.32 Å². The zero-order valence-electron chi connectivity index (χ0n) is 9.96. The lowest BCUT2D eigenvalue weighted by Gasteiger charge is -2.34. The van der Waals surface area contributed by atoms with Crippen LogP contribution >= 0.6 is 0 Å². The van der Waals surface area contributed by atoms with E-state index in [4.69, 9.17) is 4.74 Å². The van der Waals surface area contributed by atoms with Gasteiger partial charge in [0, 0.05) is 12.6 Å². The molecule has 0 spiro atoms. The molecule has 2 rings (SSSR count). The molecule has 2 nitrogen and oxygen atoms in total. The highest BCUT2D eigenvalue weighted by Crippen LogP contribution is 2.24. The fourth-order valence-electron chi connectivity index (χ4n) is 1.89. The highest BCUT2D eigenvalue weighted by molar-refractivity contribution is 5.25. The maximum absolute atomic E-state index is 13.4. The molecule has 1 fully saturated rings. The molecule has 0 radical (unpaired) electrons. The summed E-state index contributed by atoms with van der Waals surface area (Å²) in [4.78, 5) is 0. The third kappa shape index (κ3) is 2.25. The maximum Gasteiger partial charge on any atom is 0.126 e. The van der Waals surface area contributed by atoms with Crippen LogP contribution in [0.1, 0.15) is 31.1 Å². The van der Waals surface area contributed by atoms with Gasteiger partial charge in [0.25, 0.3) is 0 Å². The molecule has 88 valence electrons. The molecule has 16 heavy (non-hydrogen) atoms. The topological polar surface area (TPSA) is 21.3 Å². The van der Waals surface area contributed by atoms with Crippen molar-refractivity contribution in [1.29, 1.82) is 0 Å². The molecule has 1 heterocycles. The van der Waals surface area contributed by atoms with Crippen molar-refractivity contribution in [2.75, 3.05) is 6.54 Å². The molecule has 0 aliphatic carbocycles. The van der Waals surface area contributed by atoms with E-state index >= 15 is 0 Å². The van der Waals surface area contributed by atoms with E-state index in [0.29, 0.717) is 11.6 Å². The molecule has 0 bridgehead atoms. The van der Waals surface area contributed by atoms with E-state index in [2.05, 4.69) is 12.2 Å². The average Bonchev–Trinajstić information content (AvgIpc) is 2.26. The highest BCUT2D eigenvalue weighted by Gasteiger charge is 2.25. The molecule has 1 aromatic carbocycles. The number of benzene rings is 1. The number of morpholine rings is 1. The Labute approximate surface area is 95.8 Å². The van der Waals surface area contributed by atoms with Crippen LogP contribution in [-0.2, 0) is 4.74 Å². The minimum Gasteiger partial charge on any atom is -0.368 e. The van der Waals surface area contributed by atoms with E-state index in [-0.39, 0.29) is 18.0 Å². The van der Waals surface area contributed by atoms with Crippen LogP contribution in [0.15, 0.2) is 18.2 Å². The van der Waals surface area contributed by atoms with Crippen molar-refractivity contribution < 1.29 is 9.13 Å². The van der Waals surface area contributed by atoms with Gasteiger partial charge in [0.05, 0.1) is 12.2 Å². The van der Waals surface area contributed by atoms with E-state index in [1.165, 1.54) is 0 Å². The van der Waals surface area contributed by atoms with Gasteiger partial charge in [-0.05, 0) is 38.0 Å². The predicted molar refractivity (Wildman–Crippen MR) is 61.9 cm³/mol. The zero-order valence-corrected chi connectivity index (χ0v) is 9.96. The van der Waals surface area contributed by atoms with Crippen LogP contribution in [0.2, 0.25) is 0 Å². The van der Waals surface area contributed by atoms with Gasteiger partial charge in [-0.25, -0.2) is 4.39 Å². The summed E-state index contributed by atoms with van der Waals surface area (Å²) in [6, 6.07) is 5.67. The Morgan fingerprint density at radius 2 is 2.12 bits per heavy atom. The Balaban J connectivity index is 2.15. The second-order valence-electron chi connectivity index (χ2n) is 4.54. The largest absolute Gasteiger partial charge is 0.368 e. The van der Waals surface area contributed by atoms with Gasteiger partial charge in [0.15, 0.2) is 0 Å². The van der Waals surface area contributed by atoms with Crippen molar-refractivity contribution in [2.24, 2.45) is 0 Å². The minimum atomic E-state index is -0.160. The molecule has 3 heteroatoms. The first-order valence-electron chi connectivity index (χ1n) is 5.73. The van der Waals surface area contributed by atoms with E-state index < -0.39 is 0 Å². The van der Waals surface area contributed by atoms with E-state index in [1.807, 2.05) is 13.0 Å². The second-order valence-corrected chi connectivity index (χ2v) is 4.54. The Bertz CT molecular complexity index is 380. The molecule has 3 atom stereocenters. The number of aryl methyl sites for hydroxylation is 1. The molecule has 1 N–H and O–H groups in total. The molecule has 0 amide bonds. The fourth-order valence-corrected chi connectivity index (χ4v) is 1.89. The van der Waals surface area contributed by atoms with E-state index in [9.17, 15) is 4.39 Å². The van der Waals surface area contributed by atoms with Crippen LogP contribution in [-0.4, -0.2) is 18.7 Å². The van der Waals surface area contributed by atoms with Crippen molar-refractivity contribution in [2.45, 2.75) is 39.0 Å². The predicted octanol–water partition coefficient (Wildman–Crippen LogP) is 2.57. The highest BCUT2D eigenvalue weighted by atomic mass is 19.1. The van der Waals surface area contributed by atoms with Crippen molar-refractivity contribution in [3.05, 3.63) is 35.1 Å². The summed E-state index contributed by atoms with van der Waals surface area (Å²) in [5.41, 5.74) is 1.59. The molecule has 3 unspecified atom stereocenters. The van der Waals surface area contributed by atoms with Crippen LogP contribution in [0.25, 0.3) is 0 Å². The second kappa shape index (κ2) is 4.52. The lowest BCUT2D eigenvalue weighted by molar-refractivity contribution is -0.0509. The molecule has 0 saturated carbocycles. The quantitative estimate of drug-likeness (QED) is 0.790. The van der Waals surface area contributed by atoms with Crippen molar-refractivity contribution in [3.8, 4) is 0 Å². The Morgan fingerprint density at radius 1 is 1.38 bits per heavy atom. The lowest BCUT2D eigenvalue weighted by Crippen LogP contribution is -2.46. The minimum absolute atomic E-state index is 0.0405. The number of halogens is 1. The van der Waals surface area contributed by atoms with Gasteiger partial charge >= 0.3 is 0 Å². The van der Waals surface area contributed by atoms with Gasteiger partial charge in [0.2, 0.25) is 0 Å². The Morgan fingerprint density at radius 3 is 2.75 bits per heavy atom. The van der Waals surface area contributed by atoms with Gasteiger partial charge in [-0.3, -0.25) is 0 Å². The van der Waals surface area contributed by atoms with Crippen LogP contribution < -0.4 is 5.32 Å². The van der Waals surface area contributed by atoms with E-state index in [0.717, 1.165) is 12.1 Å². The summed E-state index contributed by atoms with van der Waals surface area (Å²) in [5, 5.41) is 3.37. The molecular formula is C13H18FNO. The summed E-state index contributed by atoms with van der Waals surface area (Å²) in [5.74, 6) is -0.160. The monoisotopic (exact) mass is 223 g/mol. The van der Waals surface area contributed by atoms with Crippen LogP contribution in [0.4, 0.5) is 4.39 Å². The number of hydrogen-bond acceptors (Lipinski definition) is 2. The first-order chi connectivity index (χ1) is 7.58. The number of rotatable bonds is 1. The van der Waals surface area contributed by atoms with Gasteiger partial charge in [-0.2, -0.15) is 0 Å².